The van der Waals surface area contributed by atoms with Crippen LogP contribution in [-0.4, -0.2) is 43.8 Å². The monoisotopic (exact) mass is 293 g/mol. The predicted molar refractivity (Wildman–Crippen MR) is 60.9 cm³/mol. The first-order valence-electron chi connectivity index (χ1n) is 5.44. The molecule has 0 saturated carbocycles. The van der Waals surface area contributed by atoms with Crippen molar-refractivity contribution in [2.24, 2.45) is 0 Å². The zero-order chi connectivity index (χ0) is 14.2. The van der Waals surface area contributed by atoms with Gasteiger partial charge in [0.15, 0.2) is 27.3 Å². The Balaban J connectivity index is 2.21. The number of sulfone groups is 1. The van der Waals surface area contributed by atoms with Gasteiger partial charge >= 0.3 is 0 Å². The number of halogens is 3. The molecule has 0 atom stereocenters. The largest absolute Gasteiger partial charge is 0.337 e. The van der Waals surface area contributed by atoms with Gasteiger partial charge in [-0.1, -0.05) is 0 Å². The average molecular weight is 293 g/mol. The first kappa shape index (κ1) is 13.9. The molecular formula is C11H10F3NO3S. The normalized spacial score (nSPS) is 18.4. The molecule has 8 heteroatoms. The van der Waals surface area contributed by atoms with Crippen LogP contribution >= 0.6 is 0 Å². The first-order chi connectivity index (χ1) is 8.80. The van der Waals surface area contributed by atoms with Crippen LogP contribution in [0.15, 0.2) is 12.1 Å². The van der Waals surface area contributed by atoms with Crippen molar-refractivity contribution in [1.82, 2.24) is 4.90 Å². The van der Waals surface area contributed by atoms with E-state index in [2.05, 4.69) is 0 Å². The molecular weight excluding hydrogens is 283 g/mol. The SMILES string of the molecule is O=C(c1cc(F)c(F)c(F)c1)N1CCS(=O)(=O)CC1. The quantitative estimate of drug-likeness (QED) is 0.725. The van der Waals surface area contributed by atoms with E-state index in [1.165, 1.54) is 4.90 Å². The molecule has 0 aromatic heterocycles. The van der Waals surface area contributed by atoms with E-state index in [0.29, 0.717) is 12.1 Å². The zero-order valence-corrected chi connectivity index (χ0v) is 10.5. The maximum Gasteiger partial charge on any atom is 0.254 e. The van der Waals surface area contributed by atoms with Crippen molar-refractivity contribution < 1.29 is 26.4 Å². The standard InChI is InChI=1S/C11H10F3NO3S/c12-8-5-7(6-9(13)10(8)14)11(16)15-1-3-19(17,18)4-2-15/h5-6H,1-4H2. The molecule has 0 bridgehead atoms. The van der Waals surface area contributed by atoms with Crippen molar-refractivity contribution in [3.63, 3.8) is 0 Å². The van der Waals surface area contributed by atoms with Gasteiger partial charge in [0.2, 0.25) is 0 Å². The molecule has 1 aromatic rings. The molecule has 0 N–H and O–H groups in total. The van der Waals surface area contributed by atoms with E-state index in [4.69, 9.17) is 0 Å². The predicted octanol–water partition coefficient (Wildman–Crippen LogP) is 0.974. The van der Waals surface area contributed by atoms with Crippen molar-refractivity contribution in [3.05, 3.63) is 35.1 Å². The highest BCUT2D eigenvalue weighted by Crippen LogP contribution is 2.16. The Morgan fingerprint density at radius 2 is 1.53 bits per heavy atom. The summed E-state index contributed by atoms with van der Waals surface area (Å²) >= 11 is 0. The highest BCUT2D eigenvalue weighted by molar-refractivity contribution is 7.91. The fourth-order valence-electron chi connectivity index (χ4n) is 1.78. The molecule has 19 heavy (non-hydrogen) atoms. The van der Waals surface area contributed by atoms with Crippen LogP contribution in [0.5, 0.6) is 0 Å². The highest BCUT2D eigenvalue weighted by atomic mass is 32.2. The maximum atomic E-state index is 13.0. The number of hydrogen-bond acceptors (Lipinski definition) is 3. The average Bonchev–Trinajstić information content (AvgIpc) is 2.34. The molecule has 0 aliphatic carbocycles. The molecule has 1 amide bonds. The summed E-state index contributed by atoms with van der Waals surface area (Å²) in [5, 5.41) is 0. The van der Waals surface area contributed by atoms with Crippen LogP contribution < -0.4 is 0 Å². The minimum absolute atomic E-state index is 0.0399. The van der Waals surface area contributed by atoms with Gasteiger partial charge in [0.25, 0.3) is 5.91 Å². The van der Waals surface area contributed by atoms with Gasteiger partial charge in [-0.05, 0) is 12.1 Å². The molecule has 1 aliphatic rings. The first-order valence-corrected chi connectivity index (χ1v) is 7.26. The lowest BCUT2D eigenvalue weighted by Gasteiger charge is -2.26. The van der Waals surface area contributed by atoms with Crippen LogP contribution in [0.1, 0.15) is 10.4 Å². The molecule has 0 spiro atoms. The summed E-state index contributed by atoms with van der Waals surface area (Å²) in [4.78, 5) is 13.1. The minimum Gasteiger partial charge on any atom is -0.337 e. The van der Waals surface area contributed by atoms with Crippen molar-refractivity contribution in [1.29, 1.82) is 0 Å². The number of benzene rings is 1. The Morgan fingerprint density at radius 3 is 2.00 bits per heavy atom. The lowest BCUT2D eigenvalue weighted by Crippen LogP contribution is -2.43. The van der Waals surface area contributed by atoms with Gasteiger partial charge in [-0.15, -0.1) is 0 Å². The summed E-state index contributed by atoms with van der Waals surface area (Å²) in [7, 11) is -3.16. The molecule has 1 aromatic carbocycles. The summed E-state index contributed by atoms with van der Waals surface area (Å²) in [6.45, 7) is -0.0798. The van der Waals surface area contributed by atoms with Crippen molar-refractivity contribution in [3.8, 4) is 0 Å². The van der Waals surface area contributed by atoms with E-state index in [0.717, 1.165) is 0 Å². The smallest absolute Gasteiger partial charge is 0.254 e. The second-order valence-electron chi connectivity index (χ2n) is 4.20. The number of carbonyl (C=O) groups is 1. The second-order valence-corrected chi connectivity index (χ2v) is 6.50. The van der Waals surface area contributed by atoms with Gasteiger partial charge in [0.05, 0.1) is 11.5 Å². The molecule has 1 heterocycles. The van der Waals surface area contributed by atoms with E-state index < -0.39 is 33.2 Å². The zero-order valence-electron chi connectivity index (χ0n) is 9.70. The summed E-state index contributed by atoms with van der Waals surface area (Å²) in [5.41, 5.74) is -0.337. The fourth-order valence-corrected chi connectivity index (χ4v) is 2.98. The van der Waals surface area contributed by atoms with Gasteiger partial charge in [-0.25, -0.2) is 21.6 Å². The van der Waals surface area contributed by atoms with Crippen LogP contribution in [0, 0.1) is 17.5 Å². The number of carbonyl (C=O) groups excluding carboxylic acids is 1. The second kappa shape index (κ2) is 4.84. The van der Waals surface area contributed by atoms with E-state index in [-0.39, 0.29) is 30.2 Å². The summed E-state index contributed by atoms with van der Waals surface area (Å²) in [5.74, 6) is -5.64. The maximum absolute atomic E-state index is 13.0. The number of amides is 1. The topological polar surface area (TPSA) is 54.5 Å². The summed E-state index contributed by atoms with van der Waals surface area (Å²) in [6, 6.07) is 1.20. The van der Waals surface area contributed by atoms with Crippen LogP contribution in [0.4, 0.5) is 13.2 Å². The van der Waals surface area contributed by atoms with Gasteiger partial charge in [-0.2, -0.15) is 0 Å². The number of nitrogens with zero attached hydrogens (tertiary/aromatic N) is 1. The van der Waals surface area contributed by atoms with E-state index in [1.54, 1.807) is 0 Å². The van der Waals surface area contributed by atoms with Crippen molar-refractivity contribution in [2.45, 2.75) is 0 Å². The van der Waals surface area contributed by atoms with E-state index >= 15 is 0 Å². The molecule has 4 nitrogen and oxygen atoms in total. The van der Waals surface area contributed by atoms with Crippen LogP contribution in [0.25, 0.3) is 0 Å². The Kier molecular flexibility index (Phi) is 3.53. The van der Waals surface area contributed by atoms with Crippen LogP contribution in [0.2, 0.25) is 0 Å². The molecule has 0 radical (unpaired) electrons. The summed E-state index contributed by atoms with van der Waals surface area (Å²) < 4.78 is 61.2. The Labute approximate surface area is 107 Å². The minimum atomic E-state index is -3.16. The summed E-state index contributed by atoms with van der Waals surface area (Å²) in [6.07, 6.45) is 0. The Morgan fingerprint density at radius 1 is 1.05 bits per heavy atom. The Bertz CT molecular complexity index is 593. The molecule has 1 saturated heterocycles. The molecule has 104 valence electrons. The van der Waals surface area contributed by atoms with Gasteiger partial charge in [0.1, 0.15) is 0 Å². The number of hydrogen-bond donors (Lipinski definition) is 0. The molecule has 0 unspecified atom stereocenters. The lowest BCUT2D eigenvalue weighted by molar-refractivity contribution is 0.0769. The third-order valence-electron chi connectivity index (χ3n) is 2.86. The van der Waals surface area contributed by atoms with Crippen LogP contribution in [0.3, 0.4) is 0 Å². The van der Waals surface area contributed by atoms with Gasteiger partial charge in [0, 0.05) is 18.7 Å². The molecule has 1 fully saturated rings. The third-order valence-corrected chi connectivity index (χ3v) is 4.47. The third kappa shape index (κ3) is 2.89. The molecule has 1 aliphatic heterocycles. The van der Waals surface area contributed by atoms with Crippen molar-refractivity contribution >= 4 is 15.7 Å². The lowest BCUT2D eigenvalue weighted by atomic mass is 10.1. The molecule has 2 rings (SSSR count). The van der Waals surface area contributed by atoms with Gasteiger partial charge in [-0.3, -0.25) is 4.79 Å². The van der Waals surface area contributed by atoms with E-state index in [9.17, 15) is 26.4 Å². The van der Waals surface area contributed by atoms with E-state index in [1.807, 2.05) is 0 Å². The van der Waals surface area contributed by atoms with Crippen molar-refractivity contribution in [2.75, 3.05) is 24.6 Å². The fraction of sp³-hybridized carbons (Fsp3) is 0.364. The highest BCUT2D eigenvalue weighted by Gasteiger charge is 2.26. The number of rotatable bonds is 1. The van der Waals surface area contributed by atoms with Gasteiger partial charge < -0.3 is 4.90 Å². The Hall–Kier alpha value is -1.57. The van der Waals surface area contributed by atoms with Crippen LogP contribution in [-0.2, 0) is 9.84 Å².